The summed E-state index contributed by atoms with van der Waals surface area (Å²) in [7, 11) is -0.911. The molecule has 1 heterocycles. The number of anilines is 2. The predicted octanol–water partition coefficient (Wildman–Crippen LogP) is 1.47. The third kappa shape index (κ3) is 2.66. The first kappa shape index (κ1) is 14.5. The number of rotatable bonds is 4. The maximum atomic E-state index is 12.3. The standard InChI is InChI=1S/C11H13ClN4O3S/c1-16-11(8(12)6-14-16)20(17,18)15-7-3-4-9(13)10(5-7)19-2/h3-6,15H,13H2,1-2H3. The van der Waals surface area contributed by atoms with Crippen LogP contribution in [0.2, 0.25) is 5.02 Å². The second kappa shape index (κ2) is 5.22. The van der Waals surface area contributed by atoms with Crippen LogP contribution >= 0.6 is 11.6 Å². The van der Waals surface area contributed by atoms with E-state index >= 15 is 0 Å². The number of sulfonamides is 1. The Morgan fingerprint density at radius 3 is 2.70 bits per heavy atom. The van der Waals surface area contributed by atoms with E-state index in [1.54, 1.807) is 6.07 Å². The third-order valence-electron chi connectivity index (χ3n) is 2.58. The minimum atomic E-state index is -3.85. The van der Waals surface area contributed by atoms with Crippen molar-refractivity contribution in [3.8, 4) is 5.75 Å². The van der Waals surface area contributed by atoms with Crippen LogP contribution in [-0.4, -0.2) is 25.3 Å². The van der Waals surface area contributed by atoms with Crippen LogP contribution in [0, 0.1) is 0 Å². The van der Waals surface area contributed by atoms with Crippen molar-refractivity contribution in [3.63, 3.8) is 0 Å². The van der Waals surface area contributed by atoms with Gasteiger partial charge in [-0.25, -0.2) is 0 Å². The molecule has 0 atom stereocenters. The van der Waals surface area contributed by atoms with E-state index in [9.17, 15) is 8.42 Å². The highest BCUT2D eigenvalue weighted by Crippen LogP contribution is 2.28. The molecular formula is C11H13ClN4O3S. The number of hydrogen-bond donors (Lipinski definition) is 2. The molecule has 7 nitrogen and oxygen atoms in total. The zero-order valence-electron chi connectivity index (χ0n) is 10.8. The van der Waals surface area contributed by atoms with Crippen LogP contribution in [0.15, 0.2) is 29.4 Å². The zero-order valence-corrected chi connectivity index (χ0v) is 12.4. The van der Waals surface area contributed by atoms with Crippen LogP contribution in [-0.2, 0) is 17.1 Å². The topological polar surface area (TPSA) is 99.2 Å². The molecule has 108 valence electrons. The maximum absolute atomic E-state index is 12.3. The van der Waals surface area contributed by atoms with E-state index in [4.69, 9.17) is 22.1 Å². The molecule has 0 saturated carbocycles. The fraction of sp³-hybridized carbons (Fsp3) is 0.182. The van der Waals surface area contributed by atoms with Gasteiger partial charge in [-0.15, -0.1) is 0 Å². The number of aromatic nitrogens is 2. The van der Waals surface area contributed by atoms with Crippen molar-refractivity contribution >= 4 is 33.0 Å². The maximum Gasteiger partial charge on any atom is 0.280 e. The second-order valence-corrected chi connectivity index (χ2v) is 5.99. The van der Waals surface area contributed by atoms with Crippen LogP contribution in [0.1, 0.15) is 0 Å². The van der Waals surface area contributed by atoms with Gasteiger partial charge in [-0.2, -0.15) is 13.5 Å². The van der Waals surface area contributed by atoms with Gasteiger partial charge in [-0.1, -0.05) is 11.6 Å². The Bertz CT molecular complexity index is 723. The van der Waals surface area contributed by atoms with E-state index in [2.05, 4.69) is 9.82 Å². The second-order valence-electron chi connectivity index (χ2n) is 3.98. The number of aryl methyl sites for hydroxylation is 1. The molecule has 0 saturated heterocycles. The quantitative estimate of drug-likeness (QED) is 0.832. The molecule has 3 N–H and O–H groups in total. The summed E-state index contributed by atoms with van der Waals surface area (Å²) in [6, 6.07) is 4.55. The van der Waals surface area contributed by atoms with Gasteiger partial charge in [0.1, 0.15) is 5.75 Å². The first-order valence-electron chi connectivity index (χ1n) is 5.49. The van der Waals surface area contributed by atoms with Gasteiger partial charge in [0.15, 0.2) is 5.03 Å². The lowest BCUT2D eigenvalue weighted by molar-refractivity contribution is 0.417. The molecule has 9 heteroatoms. The summed E-state index contributed by atoms with van der Waals surface area (Å²) >= 11 is 5.83. The molecule has 20 heavy (non-hydrogen) atoms. The summed E-state index contributed by atoms with van der Waals surface area (Å²) in [5.74, 6) is 0.376. The van der Waals surface area contributed by atoms with E-state index in [1.807, 2.05) is 0 Å². The molecule has 0 unspecified atom stereocenters. The Morgan fingerprint density at radius 1 is 1.45 bits per heavy atom. The zero-order chi connectivity index (χ0) is 14.9. The average molecular weight is 317 g/mol. The van der Waals surface area contributed by atoms with Crippen molar-refractivity contribution in [1.29, 1.82) is 0 Å². The molecule has 0 radical (unpaired) electrons. The summed E-state index contributed by atoms with van der Waals surface area (Å²) in [6.45, 7) is 0. The Balaban J connectivity index is 2.39. The molecule has 0 spiro atoms. The average Bonchev–Trinajstić information content (AvgIpc) is 2.71. The number of hydrogen-bond acceptors (Lipinski definition) is 5. The molecule has 0 aliphatic rings. The van der Waals surface area contributed by atoms with Crippen molar-refractivity contribution < 1.29 is 13.2 Å². The Hall–Kier alpha value is -1.93. The first-order valence-corrected chi connectivity index (χ1v) is 7.35. The van der Waals surface area contributed by atoms with Crippen LogP contribution in [0.4, 0.5) is 11.4 Å². The fourth-order valence-electron chi connectivity index (χ4n) is 1.68. The number of nitrogens with zero attached hydrogens (tertiary/aromatic N) is 2. The largest absolute Gasteiger partial charge is 0.495 e. The highest BCUT2D eigenvalue weighted by molar-refractivity contribution is 7.92. The SMILES string of the molecule is COc1cc(NS(=O)(=O)c2c(Cl)cnn2C)ccc1N. The summed E-state index contributed by atoms with van der Waals surface area (Å²) in [5.41, 5.74) is 6.39. The van der Waals surface area contributed by atoms with Gasteiger partial charge in [-0.05, 0) is 12.1 Å². The molecule has 0 bridgehead atoms. The minimum Gasteiger partial charge on any atom is -0.495 e. The highest BCUT2D eigenvalue weighted by atomic mass is 35.5. The fourth-order valence-corrected chi connectivity index (χ4v) is 3.39. The highest BCUT2D eigenvalue weighted by Gasteiger charge is 2.23. The van der Waals surface area contributed by atoms with Gasteiger partial charge in [0.05, 0.1) is 29.7 Å². The number of halogens is 1. The van der Waals surface area contributed by atoms with Gasteiger partial charge in [0, 0.05) is 13.1 Å². The molecule has 2 rings (SSSR count). The van der Waals surface area contributed by atoms with Crippen molar-refractivity contribution in [2.45, 2.75) is 5.03 Å². The normalized spacial score (nSPS) is 11.3. The van der Waals surface area contributed by atoms with Gasteiger partial charge in [0.25, 0.3) is 10.0 Å². The monoisotopic (exact) mass is 316 g/mol. The molecule has 0 amide bonds. The molecular weight excluding hydrogens is 304 g/mol. The predicted molar refractivity (Wildman–Crippen MR) is 76.4 cm³/mol. The van der Waals surface area contributed by atoms with E-state index in [1.165, 1.54) is 37.2 Å². The summed E-state index contributed by atoms with van der Waals surface area (Å²) in [5, 5.41) is 3.72. The van der Waals surface area contributed by atoms with Crippen molar-refractivity contribution in [2.24, 2.45) is 7.05 Å². The Morgan fingerprint density at radius 2 is 2.15 bits per heavy atom. The van der Waals surface area contributed by atoms with E-state index in [0.29, 0.717) is 17.1 Å². The van der Waals surface area contributed by atoms with Gasteiger partial charge < -0.3 is 10.5 Å². The molecule has 0 aliphatic carbocycles. The molecule has 0 aliphatic heterocycles. The van der Waals surface area contributed by atoms with E-state index < -0.39 is 10.0 Å². The number of methoxy groups -OCH3 is 1. The summed E-state index contributed by atoms with van der Waals surface area (Å²) in [6.07, 6.45) is 1.26. The van der Waals surface area contributed by atoms with Crippen molar-refractivity contribution in [2.75, 3.05) is 17.6 Å². The third-order valence-corrected chi connectivity index (χ3v) is 4.47. The Kier molecular flexibility index (Phi) is 3.78. The van der Waals surface area contributed by atoms with Gasteiger partial charge >= 0.3 is 0 Å². The number of nitrogens with one attached hydrogen (secondary N) is 1. The minimum absolute atomic E-state index is 0.0439. The molecule has 0 fully saturated rings. The van der Waals surface area contributed by atoms with Crippen molar-refractivity contribution in [3.05, 3.63) is 29.4 Å². The summed E-state index contributed by atoms with van der Waals surface area (Å²) in [4.78, 5) is 0. The number of ether oxygens (including phenoxy) is 1. The number of nitrogens with two attached hydrogens (primary N) is 1. The van der Waals surface area contributed by atoms with Gasteiger partial charge in [-0.3, -0.25) is 9.40 Å². The summed E-state index contributed by atoms with van der Waals surface area (Å²) < 4.78 is 33.1. The smallest absolute Gasteiger partial charge is 0.280 e. The van der Waals surface area contributed by atoms with Gasteiger partial charge in [0.2, 0.25) is 0 Å². The van der Waals surface area contributed by atoms with Crippen LogP contribution < -0.4 is 15.2 Å². The number of benzene rings is 1. The molecule has 1 aromatic carbocycles. The van der Waals surface area contributed by atoms with Crippen molar-refractivity contribution in [1.82, 2.24) is 9.78 Å². The van der Waals surface area contributed by atoms with Crippen LogP contribution in [0.5, 0.6) is 5.75 Å². The molecule has 1 aromatic heterocycles. The lowest BCUT2D eigenvalue weighted by atomic mass is 10.3. The van der Waals surface area contributed by atoms with E-state index in [0.717, 1.165) is 0 Å². The lowest BCUT2D eigenvalue weighted by Crippen LogP contribution is -2.17. The lowest BCUT2D eigenvalue weighted by Gasteiger charge is -2.11. The van der Waals surface area contributed by atoms with Crippen LogP contribution in [0.3, 0.4) is 0 Å². The first-order chi connectivity index (χ1) is 9.35. The molecule has 2 aromatic rings. The van der Waals surface area contributed by atoms with Crippen LogP contribution in [0.25, 0.3) is 0 Å². The number of nitrogen functional groups attached to an aromatic ring is 1. The Labute approximate surface area is 121 Å². The van der Waals surface area contributed by atoms with E-state index in [-0.39, 0.29) is 10.0 Å².